The molecule has 1 N–H and O–H groups in total. The Kier molecular flexibility index (Phi) is 6.99. The van der Waals surface area contributed by atoms with Crippen molar-refractivity contribution in [2.45, 2.75) is 77.6 Å². The third-order valence-electron chi connectivity index (χ3n) is 9.60. The average molecular weight is 487 g/mol. The Morgan fingerprint density at radius 3 is 2.46 bits per heavy atom. The van der Waals surface area contributed by atoms with E-state index in [1.54, 1.807) is 18.9 Å². The molecule has 7 heteroatoms. The number of likely N-dealkylation sites (tertiary alicyclic amines) is 1. The van der Waals surface area contributed by atoms with Crippen LogP contribution in [0.1, 0.15) is 77.6 Å². The van der Waals surface area contributed by atoms with E-state index in [1.807, 2.05) is 6.08 Å². The molecule has 2 amide bonds. The zero-order valence-corrected chi connectivity index (χ0v) is 21.5. The number of carbonyl (C=O) groups excluding carboxylic acids is 3. The molecule has 0 aromatic carbocycles. The van der Waals surface area contributed by atoms with Gasteiger partial charge in [0.05, 0.1) is 12.5 Å². The molecule has 7 nitrogen and oxygen atoms in total. The highest BCUT2D eigenvalue weighted by Gasteiger charge is 2.62. The van der Waals surface area contributed by atoms with Crippen LogP contribution in [-0.2, 0) is 23.9 Å². The van der Waals surface area contributed by atoms with Gasteiger partial charge in [-0.3, -0.25) is 14.4 Å². The smallest absolute Gasteiger partial charge is 0.318 e. The number of hydrogen-bond donors (Lipinski definition) is 1. The summed E-state index contributed by atoms with van der Waals surface area (Å²) in [6.45, 7) is 3.80. The number of methoxy groups -OCH3 is 1. The molecule has 6 rings (SSSR count). The van der Waals surface area contributed by atoms with Crippen molar-refractivity contribution < 1.29 is 23.9 Å². The fourth-order valence-corrected chi connectivity index (χ4v) is 8.67. The molecular weight excluding hydrogens is 444 g/mol. The van der Waals surface area contributed by atoms with Crippen LogP contribution in [0.3, 0.4) is 0 Å². The quantitative estimate of drug-likeness (QED) is 0.375. The third-order valence-corrected chi connectivity index (χ3v) is 9.60. The van der Waals surface area contributed by atoms with Gasteiger partial charge in [-0.2, -0.15) is 0 Å². The summed E-state index contributed by atoms with van der Waals surface area (Å²) in [5, 5.41) is 3.24. The molecule has 0 radical (unpaired) electrons. The lowest BCUT2D eigenvalue weighted by Gasteiger charge is -2.56. The van der Waals surface area contributed by atoms with Crippen molar-refractivity contribution >= 4 is 17.8 Å². The molecule has 1 saturated heterocycles. The van der Waals surface area contributed by atoms with E-state index in [9.17, 15) is 14.4 Å². The van der Waals surface area contributed by atoms with E-state index in [-0.39, 0.29) is 36.2 Å². The first kappa shape index (κ1) is 24.8. The van der Waals surface area contributed by atoms with Crippen LogP contribution < -0.4 is 5.32 Å². The number of nitrogens with one attached hydrogen (secondary N) is 1. The van der Waals surface area contributed by atoms with Crippen LogP contribution in [0.2, 0.25) is 0 Å². The molecule has 0 spiro atoms. The second-order valence-electron chi connectivity index (χ2n) is 12.0. The van der Waals surface area contributed by atoms with Crippen LogP contribution in [0.25, 0.3) is 0 Å². The van der Waals surface area contributed by atoms with Gasteiger partial charge in [0.2, 0.25) is 11.8 Å². The number of hydrogen-bond acceptors (Lipinski definition) is 5. The summed E-state index contributed by atoms with van der Waals surface area (Å²) < 4.78 is 10.7. The Morgan fingerprint density at radius 2 is 1.83 bits per heavy atom. The van der Waals surface area contributed by atoms with Gasteiger partial charge in [0.25, 0.3) is 0 Å². The maximum absolute atomic E-state index is 13.7. The second-order valence-corrected chi connectivity index (χ2v) is 12.0. The highest BCUT2D eigenvalue weighted by Crippen LogP contribution is 2.60. The van der Waals surface area contributed by atoms with Crippen LogP contribution in [0, 0.1) is 34.5 Å². The largest absolute Gasteiger partial charge is 0.465 e. The second kappa shape index (κ2) is 9.87. The third kappa shape index (κ3) is 4.42. The van der Waals surface area contributed by atoms with Gasteiger partial charge in [0.1, 0.15) is 5.41 Å². The summed E-state index contributed by atoms with van der Waals surface area (Å²) in [5.41, 5.74) is -0.0521. The van der Waals surface area contributed by atoms with Gasteiger partial charge in [0, 0.05) is 38.9 Å². The minimum absolute atomic E-state index is 0.0438. The summed E-state index contributed by atoms with van der Waals surface area (Å²) in [4.78, 5) is 42.2. The number of allylic oxidation sites excluding steroid dienone is 1. The molecule has 194 valence electrons. The first-order valence-corrected chi connectivity index (χ1v) is 13.9. The maximum Gasteiger partial charge on any atom is 0.318 e. The van der Waals surface area contributed by atoms with Crippen LogP contribution in [-0.4, -0.2) is 56.1 Å². The van der Waals surface area contributed by atoms with E-state index in [2.05, 4.69) is 5.32 Å². The number of nitrogens with zero attached hydrogens (tertiary/aromatic N) is 1. The predicted molar refractivity (Wildman–Crippen MR) is 131 cm³/mol. The van der Waals surface area contributed by atoms with Crippen LogP contribution in [0.5, 0.6) is 0 Å². The normalized spacial score (nSPS) is 37.3. The van der Waals surface area contributed by atoms with Gasteiger partial charge in [-0.05, 0) is 94.3 Å². The van der Waals surface area contributed by atoms with Gasteiger partial charge in [-0.1, -0.05) is 6.08 Å². The van der Waals surface area contributed by atoms with Crippen molar-refractivity contribution in [1.82, 2.24) is 10.2 Å². The highest BCUT2D eigenvalue weighted by molar-refractivity contribution is 5.99. The number of amides is 2. The molecule has 1 aliphatic heterocycles. The molecular formula is C28H42N2O5. The lowest BCUT2D eigenvalue weighted by molar-refractivity contribution is -0.158. The molecule has 1 heterocycles. The Hall–Kier alpha value is -1.89. The van der Waals surface area contributed by atoms with Crippen molar-refractivity contribution in [1.29, 1.82) is 0 Å². The fourth-order valence-electron chi connectivity index (χ4n) is 8.67. The molecule has 4 bridgehead atoms. The van der Waals surface area contributed by atoms with Crippen molar-refractivity contribution in [3.8, 4) is 0 Å². The van der Waals surface area contributed by atoms with Crippen molar-refractivity contribution in [2.24, 2.45) is 34.5 Å². The monoisotopic (exact) mass is 486 g/mol. The molecule has 2 atom stereocenters. The number of esters is 1. The lowest BCUT2D eigenvalue weighted by Crippen LogP contribution is -2.51. The highest BCUT2D eigenvalue weighted by atomic mass is 16.5. The van der Waals surface area contributed by atoms with Crippen molar-refractivity contribution in [3.63, 3.8) is 0 Å². The van der Waals surface area contributed by atoms with E-state index in [1.165, 1.54) is 38.5 Å². The van der Waals surface area contributed by atoms with Gasteiger partial charge < -0.3 is 19.7 Å². The van der Waals surface area contributed by atoms with Crippen molar-refractivity contribution in [3.05, 3.63) is 11.8 Å². The van der Waals surface area contributed by atoms with E-state index in [0.29, 0.717) is 32.5 Å². The zero-order valence-electron chi connectivity index (χ0n) is 21.5. The van der Waals surface area contributed by atoms with E-state index >= 15 is 0 Å². The molecule has 5 fully saturated rings. The molecule has 4 saturated carbocycles. The maximum atomic E-state index is 13.7. The first-order chi connectivity index (χ1) is 16.9. The molecule has 0 aromatic heterocycles. The fraction of sp³-hybridized carbons (Fsp3) is 0.821. The summed E-state index contributed by atoms with van der Waals surface area (Å²) in [7, 11) is 1.64. The van der Waals surface area contributed by atoms with Gasteiger partial charge in [0.15, 0.2) is 0 Å². The number of rotatable bonds is 10. The topological polar surface area (TPSA) is 84.9 Å². The Labute approximate surface area is 209 Å². The SMILES string of the molecule is CCOC(=O)[C@]12CCCC=C1N(CCCOC)C(=O)[C@@H]2CC(=O)NCC12CC3CC(CC(C3)C1)C2. The van der Waals surface area contributed by atoms with Crippen molar-refractivity contribution in [2.75, 3.05) is 33.4 Å². The molecule has 6 aliphatic rings. The zero-order chi connectivity index (χ0) is 24.6. The first-order valence-electron chi connectivity index (χ1n) is 13.9. The van der Waals surface area contributed by atoms with Gasteiger partial charge in [-0.25, -0.2) is 0 Å². The Morgan fingerprint density at radius 1 is 1.14 bits per heavy atom. The average Bonchev–Trinajstić information content (AvgIpc) is 3.06. The minimum Gasteiger partial charge on any atom is -0.465 e. The van der Waals surface area contributed by atoms with Gasteiger partial charge in [-0.15, -0.1) is 0 Å². The Balaban J connectivity index is 1.32. The summed E-state index contributed by atoms with van der Waals surface area (Å²) in [6, 6.07) is 0. The molecule has 0 aromatic rings. The van der Waals surface area contributed by atoms with Gasteiger partial charge >= 0.3 is 5.97 Å². The summed E-state index contributed by atoms with van der Waals surface area (Å²) >= 11 is 0. The molecule has 0 unspecified atom stereocenters. The van der Waals surface area contributed by atoms with Crippen LogP contribution in [0.4, 0.5) is 0 Å². The molecule has 35 heavy (non-hydrogen) atoms. The number of fused-ring (bicyclic) bond motifs is 1. The van der Waals surface area contributed by atoms with Crippen LogP contribution >= 0.6 is 0 Å². The number of ether oxygens (including phenoxy) is 2. The Bertz CT molecular complexity index is 847. The summed E-state index contributed by atoms with van der Waals surface area (Å²) in [6.07, 6.45) is 12.8. The van der Waals surface area contributed by atoms with E-state index < -0.39 is 11.3 Å². The van der Waals surface area contributed by atoms with E-state index in [4.69, 9.17) is 9.47 Å². The predicted octanol–water partition coefficient (Wildman–Crippen LogP) is 3.82. The van der Waals surface area contributed by atoms with Crippen LogP contribution in [0.15, 0.2) is 11.8 Å². The minimum atomic E-state index is -1.05. The standard InChI is InChI=1S/C28H42N2O5/c1-3-35-26(33)28-8-5-4-7-23(28)30(9-6-10-34-2)25(32)22(28)14-24(31)29-18-27-15-19-11-20(16-27)13-21(12-19)17-27/h7,19-22H,3-6,8-18H2,1-2H3,(H,29,31)/t19?,20?,21?,22-,27?,28-/m0/s1. The summed E-state index contributed by atoms with van der Waals surface area (Å²) in [5.74, 6) is 1.21. The number of carbonyl (C=O) groups is 3. The van der Waals surface area contributed by atoms with E-state index in [0.717, 1.165) is 36.3 Å². The molecule has 5 aliphatic carbocycles. The lowest BCUT2D eigenvalue weighted by atomic mass is 9.49.